The summed E-state index contributed by atoms with van der Waals surface area (Å²) in [5.41, 5.74) is -0.452. The molecule has 18 heavy (non-hydrogen) atoms. The summed E-state index contributed by atoms with van der Waals surface area (Å²) in [7, 11) is 0. The Labute approximate surface area is 115 Å². The maximum absolute atomic E-state index is 13.5. The summed E-state index contributed by atoms with van der Waals surface area (Å²) < 4.78 is 19.4. The standard InChI is InChI=1S/C13H17BrFNO2/c1-4-18-13(2,3)8-16-12(17)11-9(14)6-5-7-10(11)15/h5-7H,4,8H2,1-3H3,(H,16,17). The maximum atomic E-state index is 13.5. The quantitative estimate of drug-likeness (QED) is 0.906. The fourth-order valence-corrected chi connectivity index (χ4v) is 2.06. The zero-order valence-corrected chi connectivity index (χ0v) is 12.3. The van der Waals surface area contributed by atoms with Crippen LogP contribution in [-0.2, 0) is 4.74 Å². The van der Waals surface area contributed by atoms with E-state index < -0.39 is 17.3 Å². The van der Waals surface area contributed by atoms with Crippen LogP contribution in [0.15, 0.2) is 22.7 Å². The van der Waals surface area contributed by atoms with Gasteiger partial charge in [-0.05, 0) is 48.8 Å². The highest BCUT2D eigenvalue weighted by Crippen LogP contribution is 2.19. The van der Waals surface area contributed by atoms with Crippen molar-refractivity contribution in [3.63, 3.8) is 0 Å². The third-order valence-corrected chi connectivity index (χ3v) is 3.06. The van der Waals surface area contributed by atoms with Gasteiger partial charge in [0.1, 0.15) is 5.82 Å². The molecule has 1 N–H and O–H groups in total. The van der Waals surface area contributed by atoms with Crippen molar-refractivity contribution in [2.45, 2.75) is 26.4 Å². The Hall–Kier alpha value is -0.940. The van der Waals surface area contributed by atoms with Gasteiger partial charge in [-0.1, -0.05) is 6.07 Å². The summed E-state index contributed by atoms with van der Waals surface area (Å²) >= 11 is 3.17. The summed E-state index contributed by atoms with van der Waals surface area (Å²) in [6.07, 6.45) is 0. The lowest BCUT2D eigenvalue weighted by molar-refractivity contribution is -0.00818. The topological polar surface area (TPSA) is 38.3 Å². The molecule has 3 nitrogen and oxygen atoms in total. The van der Waals surface area contributed by atoms with Gasteiger partial charge >= 0.3 is 0 Å². The van der Waals surface area contributed by atoms with Gasteiger partial charge in [-0.25, -0.2) is 4.39 Å². The summed E-state index contributed by atoms with van der Waals surface area (Å²) in [4.78, 5) is 11.9. The number of amides is 1. The second-order valence-corrected chi connectivity index (χ2v) is 5.33. The number of hydrogen-bond donors (Lipinski definition) is 1. The molecule has 1 aromatic carbocycles. The van der Waals surface area contributed by atoms with E-state index in [1.54, 1.807) is 12.1 Å². The van der Waals surface area contributed by atoms with E-state index in [-0.39, 0.29) is 5.56 Å². The highest BCUT2D eigenvalue weighted by Gasteiger charge is 2.21. The van der Waals surface area contributed by atoms with Crippen LogP contribution in [0.3, 0.4) is 0 Å². The van der Waals surface area contributed by atoms with E-state index in [4.69, 9.17) is 4.74 Å². The molecule has 1 aromatic rings. The number of halogens is 2. The molecular weight excluding hydrogens is 301 g/mol. The van der Waals surface area contributed by atoms with Gasteiger partial charge in [0, 0.05) is 17.6 Å². The van der Waals surface area contributed by atoms with Gasteiger partial charge in [0.25, 0.3) is 5.91 Å². The van der Waals surface area contributed by atoms with E-state index in [1.165, 1.54) is 6.07 Å². The lowest BCUT2D eigenvalue weighted by atomic mass is 10.1. The first kappa shape index (κ1) is 15.1. The molecule has 1 rings (SSSR count). The van der Waals surface area contributed by atoms with E-state index >= 15 is 0 Å². The molecule has 0 atom stereocenters. The minimum Gasteiger partial charge on any atom is -0.374 e. The predicted molar refractivity (Wildman–Crippen MR) is 72.1 cm³/mol. The van der Waals surface area contributed by atoms with Crippen molar-refractivity contribution in [3.05, 3.63) is 34.1 Å². The molecule has 0 bridgehead atoms. The number of benzene rings is 1. The third kappa shape index (κ3) is 4.07. The molecule has 0 aromatic heterocycles. The van der Waals surface area contributed by atoms with Crippen molar-refractivity contribution in [1.82, 2.24) is 5.32 Å². The van der Waals surface area contributed by atoms with Crippen molar-refractivity contribution < 1.29 is 13.9 Å². The van der Waals surface area contributed by atoms with Crippen LogP contribution in [-0.4, -0.2) is 24.7 Å². The van der Waals surface area contributed by atoms with Gasteiger partial charge < -0.3 is 10.1 Å². The van der Waals surface area contributed by atoms with Gasteiger partial charge in [0.15, 0.2) is 0 Å². The molecule has 0 heterocycles. The number of nitrogens with one attached hydrogen (secondary N) is 1. The Kier molecular flexibility index (Phi) is 5.28. The Morgan fingerprint density at radius 2 is 2.17 bits per heavy atom. The van der Waals surface area contributed by atoms with Crippen LogP contribution in [0.4, 0.5) is 4.39 Å². The normalized spacial score (nSPS) is 11.4. The van der Waals surface area contributed by atoms with Crippen LogP contribution in [0.1, 0.15) is 31.1 Å². The van der Waals surface area contributed by atoms with E-state index in [0.29, 0.717) is 17.6 Å². The van der Waals surface area contributed by atoms with Crippen molar-refractivity contribution in [2.75, 3.05) is 13.2 Å². The lowest BCUT2D eigenvalue weighted by Gasteiger charge is -2.25. The fraction of sp³-hybridized carbons (Fsp3) is 0.462. The van der Waals surface area contributed by atoms with Crippen LogP contribution in [0.5, 0.6) is 0 Å². The fourth-order valence-electron chi connectivity index (χ4n) is 1.54. The number of carbonyl (C=O) groups excluding carboxylic acids is 1. The maximum Gasteiger partial charge on any atom is 0.255 e. The van der Waals surface area contributed by atoms with Crippen molar-refractivity contribution in [1.29, 1.82) is 0 Å². The zero-order valence-electron chi connectivity index (χ0n) is 10.7. The third-order valence-electron chi connectivity index (χ3n) is 2.40. The largest absolute Gasteiger partial charge is 0.374 e. The molecular formula is C13H17BrFNO2. The molecule has 0 aliphatic carbocycles. The van der Waals surface area contributed by atoms with Crippen LogP contribution in [0.2, 0.25) is 0 Å². The van der Waals surface area contributed by atoms with Crippen LogP contribution < -0.4 is 5.32 Å². The van der Waals surface area contributed by atoms with Gasteiger partial charge in [-0.2, -0.15) is 0 Å². The smallest absolute Gasteiger partial charge is 0.255 e. The van der Waals surface area contributed by atoms with E-state index in [0.717, 1.165) is 0 Å². The Balaban J connectivity index is 2.72. The predicted octanol–water partition coefficient (Wildman–Crippen LogP) is 3.13. The molecule has 100 valence electrons. The second-order valence-electron chi connectivity index (χ2n) is 4.47. The zero-order chi connectivity index (χ0) is 13.8. The summed E-state index contributed by atoms with van der Waals surface area (Å²) in [5, 5.41) is 2.67. The summed E-state index contributed by atoms with van der Waals surface area (Å²) in [6.45, 7) is 6.50. The number of hydrogen-bond acceptors (Lipinski definition) is 2. The average Bonchev–Trinajstić information content (AvgIpc) is 2.26. The van der Waals surface area contributed by atoms with Crippen molar-refractivity contribution >= 4 is 21.8 Å². The number of carbonyl (C=O) groups is 1. The van der Waals surface area contributed by atoms with Gasteiger partial charge in [-0.15, -0.1) is 0 Å². The molecule has 0 radical (unpaired) electrons. The first-order valence-corrected chi connectivity index (χ1v) is 6.53. The van der Waals surface area contributed by atoms with E-state index in [9.17, 15) is 9.18 Å². The van der Waals surface area contributed by atoms with Crippen molar-refractivity contribution in [3.8, 4) is 0 Å². The van der Waals surface area contributed by atoms with Gasteiger partial charge in [0.05, 0.1) is 11.2 Å². The molecule has 5 heteroatoms. The average molecular weight is 318 g/mol. The van der Waals surface area contributed by atoms with Crippen LogP contribution in [0.25, 0.3) is 0 Å². The summed E-state index contributed by atoms with van der Waals surface area (Å²) in [5.74, 6) is -0.996. The molecule has 0 unspecified atom stereocenters. The lowest BCUT2D eigenvalue weighted by Crippen LogP contribution is -2.40. The van der Waals surface area contributed by atoms with Crippen molar-refractivity contribution in [2.24, 2.45) is 0 Å². The molecule has 0 aliphatic heterocycles. The second kappa shape index (κ2) is 6.29. The minimum absolute atomic E-state index is 0.0183. The first-order valence-electron chi connectivity index (χ1n) is 5.73. The first-order chi connectivity index (χ1) is 8.37. The summed E-state index contributed by atoms with van der Waals surface area (Å²) in [6, 6.07) is 4.43. The minimum atomic E-state index is -0.545. The highest BCUT2D eigenvalue weighted by molar-refractivity contribution is 9.10. The number of rotatable bonds is 5. The van der Waals surface area contributed by atoms with Crippen LogP contribution >= 0.6 is 15.9 Å². The molecule has 1 amide bonds. The molecule has 0 fully saturated rings. The Morgan fingerprint density at radius 3 is 2.72 bits per heavy atom. The Bertz CT molecular complexity index is 415. The Morgan fingerprint density at radius 1 is 1.50 bits per heavy atom. The van der Waals surface area contributed by atoms with E-state index in [2.05, 4.69) is 21.2 Å². The monoisotopic (exact) mass is 317 g/mol. The molecule has 0 saturated carbocycles. The van der Waals surface area contributed by atoms with Gasteiger partial charge in [0.2, 0.25) is 0 Å². The SMILES string of the molecule is CCOC(C)(C)CNC(=O)c1c(F)cccc1Br. The molecule has 0 spiro atoms. The molecule has 0 aliphatic rings. The highest BCUT2D eigenvalue weighted by atomic mass is 79.9. The van der Waals surface area contributed by atoms with Crippen LogP contribution in [0, 0.1) is 5.82 Å². The van der Waals surface area contributed by atoms with Gasteiger partial charge in [-0.3, -0.25) is 4.79 Å². The van der Waals surface area contributed by atoms with E-state index in [1.807, 2.05) is 20.8 Å². The molecule has 0 saturated heterocycles. The number of ether oxygens (including phenoxy) is 1.